The third kappa shape index (κ3) is 2.60. The van der Waals surface area contributed by atoms with E-state index in [4.69, 9.17) is 4.74 Å². The van der Waals surface area contributed by atoms with E-state index in [0.29, 0.717) is 16.9 Å². The van der Waals surface area contributed by atoms with Crippen LogP contribution in [0.15, 0.2) is 0 Å². The molecule has 0 aromatic carbocycles. The Kier molecular flexibility index (Phi) is 4.38. The summed E-state index contributed by atoms with van der Waals surface area (Å²) < 4.78 is 5.55. The molecule has 0 radical (unpaired) electrons. The largest absolute Gasteiger partial charge is 0.381 e. The minimum Gasteiger partial charge on any atom is -0.381 e. The van der Waals surface area contributed by atoms with Gasteiger partial charge in [-0.3, -0.25) is 0 Å². The molecular formula is C16H31NO. The van der Waals surface area contributed by atoms with E-state index in [1.165, 1.54) is 19.3 Å². The summed E-state index contributed by atoms with van der Waals surface area (Å²) in [6, 6.07) is 0.704. The van der Waals surface area contributed by atoms with E-state index in [2.05, 4.69) is 33.0 Å². The second-order valence-electron chi connectivity index (χ2n) is 7.27. The molecule has 0 aromatic rings. The first-order chi connectivity index (χ1) is 8.50. The Labute approximate surface area is 113 Å². The number of hydrogen-bond acceptors (Lipinski definition) is 2. The number of ether oxygens (including phenoxy) is 1. The number of nitrogens with one attached hydrogen (secondary N) is 1. The van der Waals surface area contributed by atoms with Crippen LogP contribution in [-0.2, 0) is 4.74 Å². The van der Waals surface area contributed by atoms with Crippen molar-refractivity contribution in [3.05, 3.63) is 0 Å². The Hall–Kier alpha value is -0.0800. The molecule has 0 spiro atoms. The highest BCUT2D eigenvalue weighted by molar-refractivity contribution is 5.11. The van der Waals surface area contributed by atoms with Crippen molar-refractivity contribution >= 4 is 0 Å². The van der Waals surface area contributed by atoms with Crippen molar-refractivity contribution in [3.8, 4) is 0 Å². The molecule has 0 amide bonds. The summed E-state index contributed by atoms with van der Waals surface area (Å²) in [7, 11) is 0. The van der Waals surface area contributed by atoms with Gasteiger partial charge in [-0.15, -0.1) is 0 Å². The van der Waals surface area contributed by atoms with Gasteiger partial charge in [-0.1, -0.05) is 27.7 Å². The molecule has 2 nitrogen and oxygen atoms in total. The lowest BCUT2D eigenvalue weighted by Gasteiger charge is -2.43. The van der Waals surface area contributed by atoms with E-state index in [-0.39, 0.29) is 0 Å². The third-order valence-corrected chi connectivity index (χ3v) is 5.43. The summed E-state index contributed by atoms with van der Waals surface area (Å²) >= 11 is 0. The topological polar surface area (TPSA) is 21.3 Å². The monoisotopic (exact) mass is 253 g/mol. The Balaban J connectivity index is 1.75. The average molecular weight is 253 g/mol. The maximum Gasteiger partial charge on any atom is 0.0478 e. The molecular weight excluding hydrogens is 222 g/mol. The fraction of sp³-hybridized carbons (Fsp3) is 1.00. The van der Waals surface area contributed by atoms with Crippen LogP contribution in [0.25, 0.3) is 0 Å². The predicted octanol–water partition coefficient (Wildman–Crippen LogP) is 3.61. The average Bonchev–Trinajstić information content (AvgIpc) is 2.78. The smallest absolute Gasteiger partial charge is 0.0478 e. The molecule has 0 aliphatic heterocycles. The van der Waals surface area contributed by atoms with Crippen LogP contribution in [0.4, 0.5) is 0 Å². The van der Waals surface area contributed by atoms with Crippen LogP contribution in [0.3, 0.4) is 0 Å². The van der Waals surface area contributed by atoms with Gasteiger partial charge >= 0.3 is 0 Å². The molecule has 2 aliphatic carbocycles. The van der Waals surface area contributed by atoms with Gasteiger partial charge in [0.2, 0.25) is 0 Å². The summed E-state index contributed by atoms with van der Waals surface area (Å²) in [4.78, 5) is 0. The van der Waals surface area contributed by atoms with Gasteiger partial charge in [0.25, 0.3) is 0 Å². The van der Waals surface area contributed by atoms with Crippen molar-refractivity contribution in [2.24, 2.45) is 16.7 Å². The Morgan fingerprint density at radius 2 is 2.00 bits per heavy atom. The highest BCUT2D eigenvalue weighted by Gasteiger charge is 2.58. The van der Waals surface area contributed by atoms with E-state index in [0.717, 1.165) is 38.5 Å². The lowest BCUT2D eigenvalue weighted by molar-refractivity contribution is 0.0993. The van der Waals surface area contributed by atoms with Gasteiger partial charge in [-0.05, 0) is 55.4 Å². The highest BCUT2D eigenvalue weighted by atomic mass is 16.5. The van der Waals surface area contributed by atoms with Crippen LogP contribution in [0, 0.1) is 16.7 Å². The van der Waals surface area contributed by atoms with E-state index < -0.39 is 0 Å². The van der Waals surface area contributed by atoms with Gasteiger partial charge in [0.05, 0.1) is 0 Å². The first-order valence-electron chi connectivity index (χ1n) is 7.82. The third-order valence-electron chi connectivity index (χ3n) is 5.43. The van der Waals surface area contributed by atoms with E-state index in [1.807, 2.05) is 0 Å². The fourth-order valence-electron chi connectivity index (χ4n) is 4.48. The Bertz CT molecular complexity index is 272. The summed E-state index contributed by atoms with van der Waals surface area (Å²) in [5.41, 5.74) is 1.04. The van der Waals surface area contributed by atoms with Gasteiger partial charge in [0.1, 0.15) is 0 Å². The lowest BCUT2D eigenvalue weighted by Crippen LogP contribution is -2.50. The lowest BCUT2D eigenvalue weighted by atomic mass is 9.68. The van der Waals surface area contributed by atoms with Crippen LogP contribution < -0.4 is 5.32 Å². The molecule has 2 saturated carbocycles. The summed E-state index contributed by atoms with van der Waals surface area (Å²) in [5.74, 6) is 0.941. The maximum absolute atomic E-state index is 5.55. The molecule has 2 fully saturated rings. The van der Waals surface area contributed by atoms with Gasteiger partial charge in [-0.2, -0.15) is 0 Å². The van der Waals surface area contributed by atoms with Gasteiger partial charge in [0.15, 0.2) is 0 Å². The normalized spacial score (nSPS) is 37.3. The van der Waals surface area contributed by atoms with Gasteiger partial charge in [-0.25, -0.2) is 0 Å². The molecule has 18 heavy (non-hydrogen) atoms. The van der Waals surface area contributed by atoms with Crippen LogP contribution in [0.2, 0.25) is 0 Å². The molecule has 1 N–H and O–H groups in total. The second kappa shape index (κ2) is 5.50. The SMILES string of the molecule is CCCOCCCNC1C(C)(C)[C@H]2CC[C@]1(C)C2. The number of fused-ring (bicyclic) bond motifs is 2. The molecule has 3 atom stereocenters. The van der Waals surface area contributed by atoms with Crippen molar-refractivity contribution in [1.82, 2.24) is 5.32 Å². The minimum atomic E-state index is 0.483. The Morgan fingerprint density at radius 1 is 1.22 bits per heavy atom. The van der Waals surface area contributed by atoms with E-state index in [9.17, 15) is 0 Å². The quantitative estimate of drug-likeness (QED) is 0.700. The standard InChI is InChI=1S/C16H31NO/c1-5-10-18-11-6-9-17-14-15(2,3)13-7-8-16(14,4)12-13/h13-14,17H,5-12H2,1-4H3/t13-,14?,16+/m0/s1. The van der Waals surface area contributed by atoms with Crippen molar-refractivity contribution in [1.29, 1.82) is 0 Å². The minimum absolute atomic E-state index is 0.483. The molecule has 0 aromatic heterocycles. The molecule has 2 aliphatic rings. The van der Waals surface area contributed by atoms with Crippen LogP contribution >= 0.6 is 0 Å². The fourth-order valence-corrected chi connectivity index (χ4v) is 4.48. The summed E-state index contributed by atoms with van der Waals surface area (Å²) in [6.45, 7) is 12.5. The first-order valence-corrected chi connectivity index (χ1v) is 7.82. The maximum atomic E-state index is 5.55. The van der Waals surface area contributed by atoms with Crippen molar-refractivity contribution < 1.29 is 4.74 Å². The van der Waals surface area contributed by atoms with Crippen LogP contribution in [0.5, 0.6) is 0 Å². The molecule has 0 saturated heterocycles. The molecule has 2 rings (SSSR count). The molecule has 2 heteroatoms. The first kappa shape index (κ1) is 14.3. The molecule has 1 unspecified atom stereocenters. The van der Waals surface area contributed by atoms with E-state index in [1.54, 1.807) is 0 Å². The molecule has 106 valence electrons. The van der Waals surface area contributed by atoms with Crippen molar-refractivity contribution in [2.75, 3.05) is 19.8 Å². The zero-order valence-corrected chi connectivity index (χ0v) is 12.7. The van der Waals surface area contributed by atoms with Gasteiger partial charge in [0, 0.05) is 19.3 Å². The van der Waals surface area contributed by atoms with Gasteiger partial charge < -0.3 is 10.1 Å². The number of hydrogen-bond donors (Lipinski definition) is 1. The second-order valence-corrected chi connectivity index (χ2v) is 7.27. The zero-order chi connectivity index (χ0) is 13.2. The van der Waals surface area contributed by atoms with Crippen LogP contribution in [0.1, 0.15) is 59.8 Å². The number of rotatable bonds is 7. The Morgan fingerprint density at radius 3 is 2.61 bits per heavy atom. The highest BCUT2D eigenvalue weighted by Crippen LogP contribution is 2.62. The van der Waals surface area contributed by atoms with E-state index >= 15 is 0 Å². The summed E-state index contributed by atoms with van der Waals surface area (Å²) in [5, 5.41) is 3.84. The van der Waals surface area contributed by atoms with Crippen molar-refractivity contribution in [3.63, 3.8) is 0 Å². The molecule has 2 bridgehead atoms. The predicted molar refractivity (Wildman–Crippen MR) is 76.7 cm³/mol. The van der Waals surface area contributed by atoms with Crippen LogP contribution in [-0.4, -0.2) is 25.8 Å². The molecule has 0 heterocycles. The summed E-state index contributed by atoms with van der Waals surface area (Å²) in [6.07, 6.45) is 6.58. The van der Waals surface area contributed by atoms with Crippen molar-refractivity contribution in [2.45, 2.75) is 65.8 Å². The zero-order valence-electron chi connectivity index (χ0n) is 12.7.